The summed E-state index contributed by atoms with van der Waals surface area (Å²) in [7, 11) is 0.453. The molecule has 18 nitrogen and oxygen atoms in total. The zero-order valence-electron chi connectivity index (χ0n) is 69.4. The van der Waals surface area contributed by atoms with Crippen LogP contribution in [0.1, 0.15) is 190 Å². The number of nitrogens with two attached hydrogens (primary N) is 1. The number of aromatic nitrogens is 3. The van der Waals surface area contributed by atoms with Gasteiger partial charge in [-0.05, 0) is 274 Å². The highest BCUT2D eigenvalue weighted by Crippen LogP contribution is 2.38. The van der Waals surface area contributed by atoms with Crippen LogP contribution in [0.15, 0.2) is 165 Å². The Morgan fingerprint density at radius 1 is 0.478 bits per heavy atom. The van der Waals surface area contributed by atoms with Gasteiger partial charge in [-0.2, -0.15) is 0 Å². The summed E-state index contributed by atoms with van der Waals surface area (Å²) in [6.45, 7) is 38.7. The molecule has 0 bridgehead atoms. The van der Waals surface area contributed by atoms with Crippen LogP contribution in [0.2, 0.25) is 0 Å². The predicted octanol–water partition coefficient (Wildman–Crippen LogP) is 21.7. The fraction of sp³-hybridized carbons (Fsp3) is 0.476. The molecule has 29 heteroatoms. The summed E-state index contributed by atoms with van der Waals surface area (Å²) in [6.07, 6.45) is 3.37. The number of thiazole rings is 3. The summed E-state index contributed by atoms with van der Waals surface area (Å²) in [6, 6.07) is 29.3. The average Bonchev–Trinajstić information content (AvgIpc) is 1.63. The Kier molecular flexibility index (Phi) is 42.4. The molecule has 3 N–H and O–H groups in total. The molecule has 0 atom stereocenters. The molecule has 2 fully saturated rings. The van der Waals surface area contributed by atoms with Crippen molar-refractivity contribution in [2.45, 2.75) is 231 Å². The Labute approximate surface area is 699 Å². The first kappa shape index (κ1) is 100. The van der Waals surface area contributed by atoms with Crippen molar-refractivity contribution in [3.8, 4) is 44.1 Å². The van der Waals surface area contributed by atoms with Crippen LogP contribution in [-0.4, -0.2) is 123 Å². The Balaban J connectivity index is 0.000000478. The number of allylic oxidation sites excluding steroid dienone is 1. The van der Waals surface area contributed by atoms with Gasteiger partial charge in [0.2, 0.25) is 0 Å². The molecule has 2 saturated heterocycles. The SMILES string of the molecule is C.CC(C)(C)OC(=O)CCC(=CF)CBr.CC(C)(C)OC(=O)CCC(=CF)COc1ccc(B2OC(C)(C)C(C)(C)O2)cc1.CC1(C)OB(c2ccc(O)cc2)OC1(C)C.Cc1csc(-c2ccc(OCC(=CF)CCC(=O)OC(C)(C)C)cc2)n1.Cc1csc(-c2ccc(OCC(=CF)CN)cc2)n1.Cc1csc(Br)n1.[3H]C. The summed E-state index contributed by atoms with van der Waals surface area (Å²) in [5.41, 5.74) is 11.1. The second-order valence-electron chi connectivity index (χ2n) is 30.7. The molecule has 5 heterocycles. The fourth-order valence-electron chi connectivity index (χ4n) is 9.09. The van der Waals surface area contributed by atoms with E-state index in [4.69, 9.17) is 54.1 Å². The summed E-state index contributed by atoms with van der Waals surface area (Å²) >= 11 is 11.2. The highest BCUT2D eigenvalue weighted by Gasteiger charge is 2.53. The number of rotatable bonds is 24. The zero-order chi connectivity index (χ0) is 85.1. The van der Waals surface area contributed by atoms with Gasteiger partial charge in [0.15, 0.2) is 3.92 Å². The standard InChI is InChI=1S/C22H32BFO5.C20H24FNO3S.C14H15FN2OS.C12H17BO3.C10H16BrFO2.C4H4BrNS.2CH4/c1-20(2,3)27-19(25)13-8-16(14-24)15-26-18-11-9-17(10-12-18)23-28-21(4,5)22(6,7)29-23;1-14-13-26-19(22-14)16-6-8-17(9-7-16)24-12-15(11-21)5-10-18(23)25-20(2,3)4;1-10-9-19-14(17-10)12-2-4-13(5-3-12)18-8-11(6-15)7-16;1-11(2)12(3,4)16-13(15-11)9-5-7-10(14)8-6-9;1-10(2,3)14-9(13)5-4-8(6-11)7-12;1-3-2-7-4(5)6-3;;/h9-12,14H,8,13,15H2,1-7H3;6-9,11,13H,5,10,12H2,1-4H3;2-6,9H,7-8,16H2,1H3;5-8,14H,1-4H3;7H,4-6H2,1-3H3;2H,1H3;2*1H4/i;;;;;;1T;. The molecule has 622 valence electrons. The number of carbonyl (C=O) groups excluding carboxylic acids is 3. The van der Waals surface area contributed by atoms with Crippen molar-refractivity contribution < 1.29 is 85.5 Å². The van der Waals surface area contributed by atoms with Crippen molar-refractivity contribution in [2.75, 3.05) is 31.7 Å². The lowest BCUT2D eigenvalue weighted by molar-refractivity contribution is -0.155. The average molecular weight is 1760 g/mol. The zero-order valence-corrected chi connectivity index (χ0v) is 74.0. The topological polar surface area (TPSA) is 228 Å². The van der Waals surface area contributed by atoms with Crippen molar-refractivity contribution >= 4 is 109 Å². The first-order valence-electron chi connectivity index (χ1n) is 37.0. The lowest BCUT2D eigenvalue weighted by Crippen LogP contribution is -2.41. The molecule has 0 unspecified atom stereocenters. The fourth-order valence-corrected chi connectivity index (χ4v) is 12.2. The van der Waals surface area contributed by atoms with Crippen molar-refractivity contribution in [1.29, 1.82) is 0 Å². The normalized spacial score (nSPS) is 14.9. The highest BCUT2D eigenvalue weighted by molar-refractivity contribution is 9.11. The summed E-state index contributed by atoms with van der Waals surface area (Å²) < 4.78 is 113. The van der Waals surface area contributed by atoms with Gasteiger partial charge in [0.1, 0.15) is 69.6 Å². The van der Waals surface area contributed by atoms with E-state index in [0.29, 0.717) is 76.6 Å². The number of aromatic hydroxyl groups is 1. The Bertz CT molecular complexity index is 4090. The Morgan fingerprint density at radius 3 is 1.01 bits per heavy atom. The van der Waals surface area contributed by atoms with E-state index in [1.54, 1.807) is 121 Å². The van der Waals surface area contributed by atoms with Gasteiger partial charge in [-0.1, -0.05) is 55.0 Å². The second-order valence-corrected chi connectivity index (χ2v) is 35.2. The van der Waals surface area contributed by atoms with Gasteiger partial charge in [-0.15, -0.1) is 34.0 Å². The monoisotopic (exact) mass is 1760 g/mol. The Morgan fingerprint density at radius 2 is 0.761 bits per heavy atom. The predicted molar refractivity (Wildman–Crippen MR) is 460 cm³/mol. The van der Waals surface area contributed by atoms with Crippen LogP contribution in [-0.2, 0) is 47.2 Å². The minimum absolute atomic E-state index is 0. The molecule has 113 heavy (non-hydrogen) atoms. The molecule has 3 aromatic heterocycles. The van der Waals surface area contributed by atoms with E-state index in [1.807, 2.05) is 165 Å². The lowest BCUT2D eigenvalue weighted by Gasteiger charge is -2.32. The van der Waals surface area contributed by atoms with Gasteiger partial charge in [-0.25, -0.2) is 32.5 Å². The third-order valence-corrected chi connectivity index (χ3v) is 20.6. The van der Waals surface area contributed by atoms with Crippen LogP contribution < -0.4 is 30.9 Å². The number of phenolic OH excluding ortho intramolecular Hbond substituents is 1. The summed E-state index contributed by atoms with van der Waals surface area (Å²) in [5, 5.41) is 17.6. The number of benzene rings is 4. The third-order valence-electron chi connectivity index (χ3n) is 16.4. The molecule has 2 aliphatic heterocycles. The van der Waals surface area contributed by atoms with Crippen LogP contribution in [0, 0.1) is 20.8 Å². The number of nitrogens with zero attached hydrogens (tertiary/aromatic N) is 3. The number of carbonyl (C=O) groups is 3. The van der Waals surface area contributed by atoms with E-state index < -0.39 is 35.1 Å². The van der Waals surface area contributed by atoms with Crippen molar-refractivity contribution in [2.24, 2.45) is 5.73 Å². The minimum Gasteiger partial charge on any atom is -0.508 e. The molecular weight excluding hydrogens is 1640 g/mol. The minimum atomic E-state index is -0.550. The molecule has 0 amide bonds. The summed E-state index contributed by atoms with van der Waals surface area (Å²) in [5.74, 6) is 1.17. The van der Waals surface area contributed by atoms with Crippen LogP contribution in [0.25, 0.3) is 21.1 Å². The number of halogens is 6. The number of ether oxygens (including phenoxy) is 6. The highest BCUT2D eigenvalue weighted by atomic mass is 79.9. The molecule has 0 radical (unpaired) electrons. The maximum absolute atomic E-state index is 13.1. The van der Waals surface area contributed by atoms with Crippen LogP contribution >= 0.6 is 65.9 Å². The number of alkyl halides is 1. The lowest BCUT2D eigenvalue weighted by atomic mass is 9.79. The number of esters is 3. The van der Waals surface area contributed by atoms with Crippen molar-refractivity contribution in [3.63, 3.8) is 0 Å². The van der Waals surface area contributed by atoms with Gasteiger partial charge < -0.3 is 57.9 Å². The van der Waals surface area contributed by atoms with Crippen molar-refractivity contribution in [3.05, 3.63) is 182 Å². The molecule has 2 aliphatic rings. The van der Waals surface area contributed by atoms with E-state index in [0.717, 1.165) is 53.1 Å². The number of hydrogen-bond acceptors (Lipinski definition) is 21. The van der Waals surface area contributed by atoms with Crippen LogP contribution in [0.5, 0.6) is 23.0 Å². The molecule has 0 spiro atoms. The van der Waals surface area contributed by atoms with Gasteiger partial charge in [0.25, 0.3) is 0 Å². The van der Waals surface area contributed by atoms with Gasteiger partial charge >= 0.3 is 32.1 Å². The largest absolute Gasteiger partial charge is 0.508 e. The number of hydrogen-bond donors (Lipinski definition) is 2. The van der Waals surface area contributed by atoms with Gasteiger partial charge in [0, 0.05) is 82.4 Å². The van der Waals surface area contributed by atoms with E-state index >= 15 is 0 Å². The first-order chi connectivity index (χ1) is 52.8. The van der Waals surface area contributed by atoms with E-state index in [9.17, 15) is 37.1 Å². The number of aryl methyl sites for hydroxylation is 3. The van der Waals surface area contributed by atoms with E-state index in [-0.39, 0.29) is 108 Å². The van der Waals surface area contributed by atoms with E-state index in [1.165, 1.54) is 7.40 Å². The molecule has 7 aromatic rings. The Hall–Kier alpha value is -7.05. The molecule has 4 aromatic carbocycles. The first-order valence-corrected chi connectivity index (χ1v) is 40.5. The van der Waals surface area contributed by atoms with Crippen LogP contribution in [0.4, 0.5) is 17.6 Å². The van der Waals surface area contributed by atoms with E-state index in [2.05, 4.69) is 46.8 Å². The van der Waals surface area contributed by atoms with Gasteiger partial charge in [0.05, 0.1) is 47.7 Å². The van der Waals surface area contributed by atoms with Crippen molar-refractivity contribution in [1.82, 2.24) is 15.0 Å². The molecular formula is C84H116B2Br2F4N4O14S3. The number of phenols is 1. The third kappa shape index (κ3) is 38.1. The quantitative estimate of drug-likeness (QED) is 0.0188. The molecule has 9 rings (SSSR count). The maximum Gasteiger partial charge on any atom is 0.494 e. The summed E-state index contributed by atoms with van der Waals surface area (Å²) in [4.78, 5) is 47.6. The van der Waals surface area contributed by atoms with Crippen LogP contribution in [0.3, 0.4) is 0 Å². The molecule has 0 saturated carbocycles. The smallest absolute Gasteiger partial charge is 0.494 e. The second kappa shape index (κ2) is 47.8. The maximum atomic E-state index is 13.1. The molecule has 0 aliphatic carbocycles. The van der Waals surface area contributed by atoms with Gasteiger partial charge in [-0.3, -0.25) is 14.4 Å².